The summed E-state index contributed by atoms with van der Waals surface area (Å²) in [6.45, 7) is -0.571. The van der Waals surface area contributed by atoms with Gasteiger partial charge in [0.25, 0.3) is 5.69 Å². The van der Waals surface area contributed by atoms with E-state index in [0.29, 0.717) is 5.56 Å². The first-order chi connectivity index (χ1) is 7.06. The number of non-ortho nitro benzene ring substituents is 1. The van der Waals surface area contributed by atoms with Crippen LogP contribution in [0.15, 0.2) is 24.3 Å². The Hall–Kier alpha value is -1.50. The fourth-order valence-corrected chi connectivity index (χ4v) is 1.12. The van der Waals surface area contributed by atoms with Gasteiger partial charge in [-0.15, -0.1) is 0 Å². The molecule has 15 heavy (non-hydrogen) atoms. The van der Waals surface area contributed by atoms with Crippen LogP contribution >= 0.6 is 0 Å². The molecule has 0 aliphatic carbocycles. The molecule has 0 fully saturated rings. The Kier molecular flexibility index (Phi) is 3.73. The highest BCUT2D eigenvalue weighted by Gasteiger charge is 2.17. The number of nitrogens with zero attached hydrogens (tertiary/aromatic N) is 1. The number of aliphatic hydroxyl groups is 3. The molecule has 1 rings (SSSR count). The lowest BCUT2D eigenvalue weighted by atomic mass is 10.0. The third-order valence-electron chi connectivity index (χ3n) is 2.00. The fraction of sp³-hybridized carbons (Fsp3) is 0.333. The summed E-state index contributed by atoms with van der Waals surface area (Å²) in [5.41, 5.74) is 0.228. The first kappa shape index (κ1) is 11.6. The summed E-state index contributed by atoms with van der Waals surface area (Å²) < 4.78 is 0. The lowest BCUT2D eigenvalue weighted by Crippen LogP contribution is -2.21. The van der Waals surface area contributed by atoms with E-state index in [2.05, 4.69) is 0 Å². The van der Waals surface area contributed by atoms with Crippen LogP contribution in [-0.2, 0) is 0 Å². The Labute approximate surface area is 85.6 Å². The molecule has 0 radical (unpaired) electrons. The minimum atomic E-state index is -1.29. The highest BCUT2D eigenvalue weighted by Crippen LogP contribution is 2.19. The highest BCUT2D eigenvalue weighted by atomic mass is 16.6. The van der Waals surface area contributed by atoms with E-state index < -0.39 is 23.7 Å². The van der Waals surface area contributed by atoms with Crippen molar-refractivity contribution in [3.8, 4) is 0 Å². The molecule has 1 aromatic carbocycles. The van der Waals surface area contributed by atoms with Crippen molar-refractivity contribution in [1.29, 1.82) is 0 Å². The van der Waals surface area contributed by atoms with E-state index in [1.54, 1.807) is 0 Å². The number of hydrogen-bond acceptors (Lipinski definition) is 5. The van der Waals surface area contributed by atoms with Gasteiger partial charge < -0.3 is 15.3 Å². The molecule has 0 spiro atoms. The first-order valence-electron chi connectivity index (χ1n) is 4.27. The van der Waals surface area contributed by atoms with Crippen LogP contribution in [0.1, 0.15) is 11.7 Å². The summed E-state index contributed by atoms with van der Waals surface area (Å²) in [5.74, 6) is 0. The van der Waals surface area contributed by atoms with E-state index in [1.165, 1.54) is 24.3 Å². The Morgan fingerprint density at radius 1 is 1.27 bits per heavy atom. The van der Waals surface area contributed by atoms with Crippen LogP contribution in [0.4, 0.5) is 5.69 Å². The van der Waals surface area contributed by atoms with Gasteiger partial charge in [0.15, 0.2) is 0 Å². The topological polar surface area (TPSA) is 104 Å². The van der Waals surface area contributed by atoms with Gasteiger partial charge in [0.2, 0.25) is 0 Å². The number of aliphatic hydroxyl groups excluding tert-OH is 3. The van der Waals surface area contributed by atoms with Gasteiger partial charge in [-0.05, 0) is 17.7 Å². The van der Waals surface area contributed by atoms with Crippen molar-refractivity contribution in [3.63, 3.8) is 0 Å². The molecule has 0 heterocycles. The van der Waals surface area contributed by atoms with Crippen molar-refractivity contribution in [2.75, 3.05) is 6.61 Å². The maximum atomic E-state index is 10.3. The van der Waals surface area contributed by atoms with Gasteiger partial charge in [-0.25, -0.2) is 0 Å². The van der Waals surface area contributed by atoms with Gasteiger partial charge in [-0.1, -0.05) is 0 Å². The molecule has 82 valence electrons. The lowest BCUT2D eigenvalue weighted by Gasteiger charge is -2.15. The third-order valence-corrected chi connectivity index (χ3v) is 2.00. The maximum absolute atomic E-state index is 10.3. The third kappa shape index (κ3) is 2.72. The van der Waals surface area contributed by atoms with Gasteiger partial charge in [-0.3, -0.25) is 10.1 Å². The Bertz CT molecular complexity index is 337. The molecule has 0 unspecified atom stereocenters. The van der Waals surface area contributed by atoms with Crippen LogP contribution < -0.4 is 0 Å². The summed E-state index contributed by atoms with van der Waals surface area (Å²) in [4.78, 5) is 9.77. The molecule has 0 amide bonds. The Morgan fingerprint density at radius 2 is 1.80 bits per heavy atom. The highest BCUT2D eigenvalue weighted by molar-refractivity contribution is 5.34. The van der Waals surface area contributed by atoms with Crippen LogP contribution in [-0.4, -0.2) is 33.0 Å². The zero-order chi connectivity index (χ0) is 11.4. The van der Waals surface area contributed by atoms with E-state index in [4.69, 9.17) is 10.2 Å². The molecular formula is C9H11NO5. The van der Waals surface area contributed by atoms with Crippen molar-refractivity contribution in [2.24, 2.45) is 0 Å². The monoisotopic (exact) mass is 213 g/mol. The van der Waals surface area contributed by atoms with Crippen LogP contribution in [0, 0.1) is 10.1 Å². The lowest BCUT2D eigenvalue weighted by molar-refractivity contribution is -0.384. The minimum absolute atomic E-state index is 0.0931. The molecule has 6 nitrogen and oxygen atoms in total. The van der Waals surface area contributed by atoms with E-state index in [9.17, 15) is 15.2 Å². The average Bonchev–Trinajstić information content (AvgIpc) is 2.27. The van der Waals surface area contributed by atoms with Gasteiger partial charge >= 0.3 is 0 Å². The molecule has 0 aliphatic rings. The second-order valence-corrected chi connectivity index (χ2v) is 3.04. The number of nitro benzene ring substituents is 1. The largest absolute Gasteiger partial charge is 0.394 e. The van der Waals surface area contributed by atoms with E-state index in [1.807, 2.05) is 0 Å². The zero-order valence-electron chi connectivity index (χ0n) is 7.78. The van der Waals surface area contributed by atoms with Crippen LogP contribution in [0.5, 0.6) is 0 Å². The quantitative estimate of drug-likeness (QED) is 0.481. The van der Waals surface area contributed by atoms with Crippen molar-refractivity contribution < 1.29 is 20.2 Å². The molecule has 0 saturated carbocycles. The predicted molar refractivity (Wildman–Crippen MR) is 51.1 cm³/mol. The molecule has 0 saturated heterocycles. The average molecular weight is 213 g/mol. The minimum Gasteiger partial charge on any atom is -0.394 e. The van der Waals surface area contributed by atoms with Crippen LogP contribution in [0.3, 0.4) is 0 Å². The maximum Gasteiger partial charge on any atom is 0.269 e. The normalized spacial score (nSPS) is 14.6. The van der Waals surface area contributed by atoms with Crippen molar-refractivity contribution in [3.05, 3.63) is 39.9 Å². The van der Waals surface area contributed by atoms with E-state index >= 15 is 0 Å². The fourth-order valence-electron chi connectivity index (χ4n) is 1.12. The molecular weight excluding hydrogens is 202 g/mol. The summed E-state index contributed by atoms with van der Waals surface area (Å²) in [6.07, 6.45) is -2.53. The van der Waals surface area contributed by atoms with E-state index in [-0.39, 0.29) is 5.69 Å². The van der Waals surface area contributed by atoms with Crippen molar-refractivity contribution >= 4 is 5.69 Å². The van der Waals surface area contributed by atoms with Crippen molar-refractivity contribution in [2.45, 2.75) is 12.2 Å². The Balaban J connectivity index is 2.84. The number of nitro groups is 1. The van der Waals surface area contributed by atoms with Crippen LogP contribution in [0.25, 0.3) is 0 Å². The molecule has 0 aromatic heterocycles. The second-order valence-electron chi connectivity index (χ2n) is 3.04. The second kappa shape index (κ2) is 4.83. The molecule has 0 aliphatic heterocycles. The summed E-state index contributed by atoms with van der Waals surface area (Å²) in [5, 5.41) is 37.5. The van der Waals surface area contributed by atoms with Crippen LogP contribution in [0.2, 0.25) is 0 Å². The van der Waals surface area contributed by atoms with Gasteiger partial charge in [0, 0.05) is 12.1 Å². The molecule has 3 N–H and O–H groups in total. The predicted octanol–water partition coefficient (Wildman–Crippen LogP) is -0.0186. The van der Waals surface area contributed by atoms with Gasteiger partial charge in [-0.2, -0.15) is 0 Å². The standard InChI is InChI=1S/C9H11NO5/c11-5-8(12)9(13)6-1-3-7(4-2-6)10(14)15/h1-4,8-9,11-13H,5H2/t8-,9+/m1/s1. The molecule has 0 bridgehead atoms. The zero-order valence-corrected chi connectivity index (χ0v) is 7.78. The van der Waals surface area contributed by atoms with Gasteiger partial charge in [0.1, 0.15) is 12.2 Å². The first-order valence-corrected chi connectivity index (χ1v) is 4.27. The SMILES string of the molecule is O=[N+]([O-])c1ccc([C@H](O)[C@H](O)CO)cc1. The summed E-state index contributed by atoms with van der Waals surface area (Å²) in [6, 6.07) is 5.12. The smallest absolute Gasteiger partial charge is 0.269 e. The molecule has 6 heteroatoms. The number of hydrogen-bond donors (Lipinski definition) is 3. The van der Waals surface area contributed by atoms with E-state index in [0.717, 1.165) is 0 Å². The summed E-state index contributed by atoms with van der Waals surface area (Å²) >= 11 is 0. The number of rotatable bonds is 4. The van der Waals surface area contributed by atoms with Crippen molar-refractivity contribution in [1.82, 2.24) is 0 Å². The molecule has 2 atom stereocenters. The molecule has 1 aromatic rings. The summed E-state index contributed by atoms with van der Waals surface area (Å²) in [7, 11) is 0. The van der Waals surface area contributed by atoms with Gasteiger partial charge in [0.05, 0.1) is 11.5 Å². The number of benzene rings is 1. The Morgan fingerprint density at radius 3 is 2.20 bits per heavy atom.